The quantitative estimate of drug-likeness (QED) is 0.0783. The van der Waals surface area contributed by atoms with E-state index < -0.39 is 0 Å². The van der Waals surface area contributed by atoms with Crippen LogP contribution in [0.3, 0.4) is 0 Å². The molecule has 0 amide bonds. The predicted molar refractivity (Wildman–Crippen MR) is 322 cm³/mol. The molecule has 72 heavy (non-hydrogen) atoms. The van der Waals surface area contributed by atoms with Gasteiger partial charge in [0.05, 0.1) is 0 Å². The molecule has 0 radical (unpaired) electrons. The molecule has 0 unspecified atom stereocenters. The molecule has 1 aliphatic heterocycles. The topological polar surface area (TPSA) is 77.3 Å². The number of thioether (sulfide) groups is 9. The third-order valence-corrected chi connectivity index (χ3v) is 20.4. The van der Waals surface area contributed by atoms with E-state index in [9.17, 15) is 0 Å². The molecular formula is C57H72N6S9. The molecule has 0 atom stereocenters. The molecule has 0 aliphatic carbocycles. The van der Waals surface area contributed by atoms with Crippen LogP contribution in [0.25, 0.3) is 0 Å². The first-order valence-electron chi connectivity index (χ1n) is 25.0. The SMILES string of the molecule is CCCSc1nc2cc(n1)SCc1cc(cc(C(C)(C)C)c1)CSc1cc(nc(SCCC)n1)SCc1cc(cc(C(C)(C)C)c1)CSc1cc(nc(SCCC)n1)SCc1cc(cc(C(C)(C)C)c1)CS2. The lowest BCUT2D eigenvalue weighted by molar-refractivity contribution is 0.589. The van der Waals surface area contributed by atoms with Crippen LogP contribution in [-0.2, 0) is 50.8 Å². The average Bonchev–Trinajstić information content (AvgIpc) is 3.34. The van der Waals surface area contributed by atoms with Crippen molar-refractivity contribution in [3.63, 3.8) is 0 Å². The van der Waals surface area contributed by atoms with Gasteiger partial charge in [-0.25, -0.2) is 29.9 Å². The van der Waals surface area contributed by atoms with Gasteiger partial charge in [0.2, 0.25) is 0 Å². The summed E-state index contributed by atoms with van der Waals surface area (Å²) in [6.07, 6.45) is 3.22. The van der Waals surface area contributed by atoms with E-state index in [2.05, 4.69) is 156 Å². The molecule has 4 heterocycles. The van der Waals surface area contributed by atoms with Crippen molar-refractivity contribution in [3.8, 4) is 0 Å². The Kier molecular flexibility index (Phi) is 21.6. The first kappa shape index (κ1) is 57.7. The van der Waals surface area contributed by atoms with E-state index in [0.29, 0.717) is 0 Å². The number of nitrogens with zero attached hydrogens (tertiary/aromatic N) is 6. The lowest BCUT2D eigenvalue weighted by Crippen LogP contribution is -2.12. The molecule has 0 fully saturated rings. The first-order chi connectivity index (χ1) is 34.3. The Balaban J connectivity index is 1.28. The minimum absolute atomic E-state index is 0.00334. The fraction of sp³-hybridized carbons (Fsp3) is 0.474. The summed E-state index contributed by atoms with van der Waals surface area (Å²) in [6.45, 7) is 27.5. The van der Waals surface area contributed by atoms with E-state index in [1.165, 1.54) is 50.1 Å². The van der Waals surface area contributed by atoms with Crippen LogP contribution in [-0.4, -0.2) is 47.2 Å². The van der Waals surface area contributed by atoms with E-state index in [4.69, 9.17) is 29.9 Å². The van der Waals surface area contributed by atoms with Gasteiger partial charge in [-0.05, 0) is 85.6 Å². The number of rotatable bonds is 9. The van der Waals surface area contributed by atoms with Gasteiger partial charge in [-0.2, -0.15) is 0 Å². The molecule has 0 saturated carbocycles. The molecule has 6 nitrogen and oxygen atoms in total. The lowest BCUT2D eigenvalue weighted by atomic mass is 9.85. The smallest absolute Gasteiger partial charge is 0.189 e. The van der Waals surface area contributed by atoms with Crippen LogP contribution in [0.5, 0.6) is 0 Å². The summed E-state index contributed by atoms with van der Waals surface area (Å²) in [4.78, 5) is 30.7. The van der Waals surface area contributed by atoms with Crippen LogP contribution in [0.2, 0.25) is 0 Å². The second kappa shape index (κ2) is 26.9. The van der Waals surface area contributed by atoms with Crippen molar-refractivity contribution in [3.05, 3.63) is 123 Å². The van der Waals surface area contributed by atoms with Crippen molar-refractivity contribution >= 4 is 106 Å². The van der Waals surface area contributed by atoms with Crippen LogP contribution in [0.15, 0.2) is 118 Å². The van der Waals surface area contributed by atoms with Gasteiger partial charge in [0.25, 0.3) is 0 Å². The zero-order valence-corrected chi connectivity index (χ0v) is 51.6. The minimum atomic E-state index is 0.00334. The molecule has 0 spiro atoms. The van der Waals surface area contributed by atoms with Gasteiger partial charge in [-0.1, -0.05) is 173 Å². The van der Waals surface area contributed by atoms with Gasteiger partial charge in [0.1, 0.15) is 30.2 Å². The van der Waals surface area contributed by atoms with Gasteiger partial charge < -0.3 is 0 Å². The summed E-state index contributed by atoms with van der Waals surface area (Å²) < 4.78 is 0. The monoisotopic (exact) mass is 1130 g/mol. The third-order valence-electron chi connectivity index (χ3n) is 11.4. The molecule has 12 bridgehead atoms. The summed E-state index contributed by atoms with van der Waals surface area (Å²) in [7, 11) is 0. The van der Waals surface area contributed by atoms with Gasteiger partial charge in [-0.3, -0.25) is 0 Å². The fourth-order valence-corrected chi connectivity index (χ4v) is 15.1. The third kappa shape index (κ3) is 18.1. The number of aromatic nitrogens is 6. The lowest BCUT2D eigenvalue weighted by Gasteiger charge is -2.22. The van der Waals surface area contributed by atoms with Crippen molar-refractivity contribution in [1.29, 1.82) is 0 Å². The molecule has 0 saturated heterocycles. The Morgan fingerprint density at radius 3 is 0.681 bits per heavy atom. The molecule has 0 N–H and O–H groups in total. The molecule has 384 valence electrons. The van der Waals surface area contributed by atoms with E-state index >= 15 is 0 Å². The second-order valence-electron chi connectivity index (χ2n) is 21.1. The number of benzene rings is 3. The van der Waals surface area contributed by atoms with Crippen molar-refractivity contribution in [2.24, 2.45) is 0 Å². The molecule has 3 aromatic carbocycles. The van der Waals surface area contributed by atoms with Crippen molar-refractivity contribution < 1.29 is 0 Å². The highest BCUT2D eigenvalue weighted by atomic mass is 32.2. The zero-order chi connectivity index (χ0) is 51.5. The second-order valence-corrected chi connectivity index (χ2v) is 30.3. The predicted octanol–water partition coefficient (Wildman–Crippen LogP) is 18.5. The number of hydrogen-bond acceptors (Lipinski definition) is 15. The Labute approximate surface area is 470 Å². The molecule has 15 heteroatoms. The van der Waals surface area contributed by atoms with E-state index in [-0.39, 0.29) is 16.2 Å². The zero-order valence-electron chi connectivity index (χ0n) is 44.3. The van der Waals surface area contributed by atoms with Gasteiger partial charge in [-0.15, -0.1) is 70.6 Å². The maximum absolute atomic E-state index is 5.11. The van der Waals surface area contributed by atoms with E-state index in [0.717, 1.165) is 117 Å². The fourth-order valence-electron chi connectivity index (χ4n) is 7.40. The molecule has 7 rings (SSSR count). The Morgan fingerprint density at radius 2 is 0.514 bits per heavy atom. The molecule has 6 aromatic rings. The first-order valence-corrected chi connectivity index (χ1v) is 33.9. The Hall–Kier alpha value is -1.95. The highest BCUT2D eigenvalue weighted by Gasteiger charge is 2.21. The largest absolute Gasteiger partial charge is 0.216 e. The van der Waals surface area contributed by atoms with Crippen molar-refractivity contribution in [2.45, 2.75) is 199 Å². The number of fused-ring (bicyclic) bond motifs is 12. The summed E-state index contributed by atoms with van der Waals surface area (Å²) in [5.41, 5.74) is 11.9. The van der Waals surface area contributed by atoms with Crippen LogP contribution in [0.1, 0.15) is 152 Å². The summed E-state index contributed by atoms with van der Waals surface area (Å²) >= 11 is 16.2. The van der Waals surface area contributed by atoms with Crippen LogP contribution in [0, 0.1) is 0 Å². The minimum Gasteiger partial charge on any atom is -0.216 e. The maximum Gasteiger partial charge on any atom is 0.189 e. The summed E-state index contributed by atoms with van der Waals surface area (Å²) in [6, 6.07) is 28.2. The normalized spacial score (nSPS) is 14.5. The highest BCUT2D eigenvalue weighted by Crippen LogP contribution is 2.38. The van der Waals surface area contributed by atoms with Crippen molar-refractivity contribution in [2.75, 3.05) is 17.3 Å². The molecular weight excluding hydrogens is 1060 g/mol. The van der Waals surface area contributed by atoms with Crippen LogP contribution < -0.4 is 0 Å². The molecule has 1 aliphatic rings. The molecule has 3 aromatic heterocycles. The van der Waals surface area contributed by atoms with Gasteiger partial charge in [0.15, 0.2) is 15.5 Å². The Bertz CT molecular complexity index is 2330. The maximum atomic E-state index is 5.11. The van der Waals surface area contributed by atoms with Crippen LogP contribution >= 0.6 is 106 Å². The summed E-state index contributed by atoms with van der Waals surface area (Å²) in [5.74, 6) is 7.92. The van der Waals surface area contributed by atoms with E-state index in [1.54, 1.807) is 35.3 Å². The van der Waals surface area contributed by atoms with Crippen LogP contribution in [0.4, 0.5) is 0 Å². The van der Waals surface area contributed by atoms with Crippen molar-refractivity contribution in [1.82, 2.24) is 29.9 Å². The highest BCUT2D eigenvalue weighted by molar-refractivity contribution is 8.01. The van der Waals surface area contributed by atoms with Gasteiger partial charge in [0, 0.05) is 70.0 Å². The van der Waals surface area contributed by atoms with E-state index in [1.807, 2.05) is 70.6 Å². The van der Waals surface area contributed by atoms with Gasteiger partial charge >= 0.3 is 0 Å². The summed E-state index contributed by atoms with van der Waals surface area (Å²) in [5, 5.41) is 8.70. The Morgan fingerprint density at radius 1 is 0.319 bits per heavy atom. The standard InChI is InChI=1S/C57H72N6S9/c1-13-16-64-52-58-46-28-47(59-52)68-32-38-20-40(25-44(23-38)56(7,8)9)34-70-49-30-51(63-54(61-49)66-18-15-3)72-36-42-21-41(26-45(27-42)57(10,11)12)35-71-50-29-48(60-53(62-50)65-17-14-2)69-33-39-19-37(31-67-46)22-43(24-39)55(4,5)6/h19-30H,13-18,31-36H2,1-12H3. The number of hydrogen-bond donors (Lipinski definition) is 0. The average molecular weight is 1130 g/mol.